The van der Waals surface area contributed by atoms with E-state index < -0.39 is 13.3 Å². The minimum Gasteiger partial charge on any atom is -0.449 e. The van der Waals surface area contributed by atoms with E-state index in [0.717, 1.165) is 0 Å². The Balaban J connectivity index is 0.00000324. The van der Waals surface area contributed by atoms with Crippen LogP contribution < -0.4 is 57.1 Å². The predicted octanol–water partition coefficient (Wildman–Crippen LogP) is 0.637. The number of hydrogen-bond donors (Lipinski definition) is 1. The van der Waals surface area contributed by atoms with Gasteiger partial charge in [-0.25, -0.2) is 0 Å². The number of benzene rings is 1. The molecule has 0 saturated heterocycles. The summed E-state index contributed by atoms with van der Waals surface area (Å²) in [5.41, 5.74) is 15.7. The summed E-state index contributed by atoms with van der Waals surface area (Å²) in [5.74, 6) is 0. The zero-order chi connectivity index (χ0) is 13.9. The van der Waals surface area contributed by atoms with Crippen molar-refractivity contribution < 1.29 is 64.3 Å². The first-order valence-electron chi connectivity index (χ1n) is 5.38. The van der Waals surface area contributed by atoms with E-state index >= 15 is 0 Å². The van der Waals surface area contributed by atoms with E-state index in [1.54, 1.807) is 6.92 Å². The molecule has 0 aliphatic rings. The van der Waals surface area contributed by atoms with E-state index in [1.165, 1.54) is 13.0 Å². The van der Waals surface area contributed by atoms with Crippen LogP contribution in [-0.2, 0) is 12.9 Å². The third-order valence-corrected chi connectivity index (χ3v) is 2.89. The van der Waals surface area contributed by atoms with Gasteiger partial charge in [-0.1, -0.05) is 17.0 Å². The summed E-state index contributed by atoms with van der Waals surface area (Å²) < 4.78 is 37.7. The molecule has 0 bridgehead atoms. The van der Waals surface area contributed by atoms with Crippen molar-refractivity contribution in [3.05, 3.63) is 38.8 Å². The van der Waals surface area contributed by atoms with Gasteiger partial charge >= 0.3 is 58.4 Å². The van der Waals surface area contributed by atoms with Gasteiger partial charge in [-0.3, -0.25) is 0 Å². The Kier molecular flexibility index (Phi) is 7.67. The Morgan fingerprint density at radius 3 is 2.32 bits per heavy atom. The molecule has 0 atom stereocenters. The van der Waals surface area contributed by atoms with Crippen molar-refractivity contribution in [3.63, 3.8) is 0 Å². The van der Waals surface area contributed by atoms with Crippen LogP contribution in [0.15, 0.2) is 11.2 Å². The predicted molar refractivity (Wildman–Crippen MR) is 65.4 cm³/mol. The number of nitrogens with two attached hydrogens (primary N) is 1. The maximum Gasteiger partial charge on any atom is 1.00 e. The molecule has 0 amide bonds. The van der Waals surface area contributed by atoms with Gasteiger partial charge in [-0.2, -0.15) is 0 Å². The number of nitrogens with zero attached hydrogens (tertiary/aromatic N) is 3. The van der Waals surface area contributed by atoms with Crippen molar-refractivity contribution in [2.45, 2.75) is 26.7 Å². The molecule has 0 saturated carbocycles. The van der Waals surface area contributed by atoms with Gasteiger partial charge in [0.1, 0.15) is 0 Å². The molecule has 1 aromatic rings. The van der Waals surface area contributed by atoms with Crippen LogP contribution in [0.3, 0.4) is 0 Å². The van der Waals surface area contributed by atoms with Crippen LogP contribution >= 0.6 is 0 Å². The molecule has 19 heavy (non-hydrogen) atoms. The SMILES string of the molecule is Cc1c(CN)cc(N=[N+]=[N-])c(C)c1C[B-](F)(F)F.[K+]. The second-order valence-corrected chi connectivity index (χ2v) is 4.09. The van der Waals surface area contributed by atoms with Crippen LogP contribution in [0.4, 0.5) is 18.6 Å². The van der Waals surface area contributed by atoms with E-state index in [9.17, 15) is 12.9 Å². The minimum atomic E-state index is -4.94. The monoisotopic (exact) mass is 296 g/mol. The van der Waals surface area contributed by atoms with Crippen LogP contribution in [0.2, 0.25) is 0 Å². The molecule has 2 N–H and O–H groups in total. The molecule has 0 aliphatic carbocycles. The fourth-order valence-corrected chi connectivity index (χ4v) is 1.91. The van der Waals surface area contributed by atoms with E-state index in [-0.39, 0.29) is 69.2 Å². The maximum absolute atomic E-state index is 12.6. The third kappa shape index (κ3) is 5.11. The molecule has 0 unspecified atom stereocenters. The summed E-state index contributed by atoms with van der Waals surface area (Å²) in [7, 11) is 0. The van der Waals surface area contributed by atoms with Gasteiger partial charge in [0.05, 0.1) is 0 Å². The van der Waals surface area contributed by atoms with Crippen molar-refractivity contribution in [1.82, 2.24) is 0 Å². The molecule has 9 heteroatoms. The summed E-state index contributed by atoms with van der Waals surface area (Å²) in [6, 6.07) is 1.54. The van der Waals surface area contributed by atoms with Crippen molar-refractivity contribution in [3.8, 4) is 0 Å². The molecule has 1 rings (SSSR count). The minimum absolute atomic E-state index is 0. The van der Waals surface area contributed by atoms with Crippen molar-refractivity contribution in [2.24, 2.45) is 10.8 Å². The summed E-state index contributed by atoms with van der Waals surface area (Å²) in [6.45, 7) is -1.71. The van der Waals surface area contributed by atoms with Gasteiger partial charge in [0, 0.05) is 17.1 Å². The summed E-state index contributed by atoms with van der Waals surface area (Å²) in [5, 5.41) is 3.41. The average molecular weight is 296 g/mol. The Hall–Kier alpha value is -0.0187. The molecular weight excluding hydrogens is 283 g/mol. The summed E-state index contributed by atoms with van der Waals surface area (Å²) in [6.07, 6.45) is -0.987. The Morgan fingerprint density at radius 2 is 1.89 bits per heavy atom. The number of azide groups is 1. The molecule has 0 fully saturated rings. The first-order valence-corrected chi connectivity index (χ1v) is 5.38. The van der Waals surface area contributed by atoms with Gasteiger partial charge in [0.15, 0.2) is 0 Å². The Labute approximate surface area is 152 Å². The van der Waals surface area contributed by atoms with Crippen LogP contribution in [0.1, 0.15) is 22.3 Å². The average Bonchev–Trinajstić information content (AvgIpc) is 2.27. The molecule has 0 aromatic heterocycles. The first kappa shape index (κ1) is 19.0. The van der Waals surface area contributed by atoms with Crippen LogP contribution in [0, 0.1) is 13.8 Å². The van der Waals surface area contributed by atoms with Gasteiger partial charge in [0.25, 0.3) is 0 Å². The normalized spacial score (nSPS) is 10.6. The fourth-order valence-electron chi connectivity index (χ4n) is 1.91. The second-order valence-electron chi connectivity index (χ2n) is 4.09. The van der Waals surface area contributed by atoms with E-state index in [2.05, 4.69) is 10.0 Å². The molecule has 0 heterocycles. The molecule has 1 aromatic carbocycles. The zero-order valence-corrected chi connectivity index (χ0v) is 14.2. The third-order valence-electron chi connectivity index (χ3n) is 2.89. The topological polar surface area (TPSA) is 74.8 Å². The molecule has 0 radical (unpaired) electrons. The van der Waals surface area contributed by atoms with Gasteiger partial charge in [-0.15, -0.1) is 0 Å². The summed E-state index contributed by atoms with van der Waals surface area (Å²) in [4.78, 5) is 2.62. The number of rotatable bonds is 4. The molecular formula is C10H13BF3KN4. The smallest absolute Gasteiger partial charge is 0.449 e. The van der Waals surface area contributed by atoms with E-state index in [1.807, 2.05) is 0 Å². The first-order chi connectivity index (χ1) is 8.30. The van der Waals surface area contributed by atoms with Crippen LogP contribution in [0.25, 0.3) is 10.4 Å². The van der Waals surface area contributed by atoms with Crippen molar-refractivity contribution >= 4 is 12.7 Å². The molecule has 98 valence electrons. The van der Waals surface area contributed by atoms with Gasteiger partial charge < -0.3 is 18.7 Å². The Bertz CT molecular complexity index is 512. The number of halogens is 3. The van der Waals surface area contributed by atoms with E-state index in [0.29, 0.717) is 16.7 Å². The molecule has 0 spiro atoms. The zero-order valence-electron chi connectivity index (χ0n) is 11.1. The summed E-state index contributed by atoms with van der Waals surface area (Å²) >= 11 is 0. The Morgan fingerprint density at radius 1 is 1.32 bits per heavy atom. The van der Waals surface area contributed by atoms with Gasteiger partial charge in [0.2, 0.25) is 0 Å². The largest absolute Gasteiger partial charge is 1.00 e. The van der Waals surface area contributed by atoms with Crippen LogP contribution in [-0.4, -0.2) is 6.98 Å². The quantitative estimate of drug-likeness (QED) is 0.376. The van der Waals surface area contributed by atoms with Gasteiger partial charge in [-0.05, 0) is 42.1 Å². The number of hydrogen-bond acceptors (Lipinski definition) is 2. The maximum atomic E-state index is 12.6. The van der Waals surface area contributed by atoms with E-state index in [4.69, 9.17) is 11.3 Å². The second kappa shape index (κ2) is 7.68. The molecule has 4 nitrogen and oxygen atoms in total. The standard InChI is InChI=1S/C10H13BF3N4.K/c1-6-8(5-15)3-10(17-18-16)7(2)9(6)4-11(12,13)14;/h3H,4-5,15H2,1-2H3;/q-1;+1. The van der Waals surface area contributed by atoms with Crippen molar-refractivity contribution in [1.29, 1.82) is 0 Å². The van der Waals surface area contributed by atoms with Crippen molar-refractivity contribution in [2.75, 3.05) is 0 Å². The fraction of sp³-hybridized carbons (Fsp3) is 0.400. The molecule has 0 aliphatic heterocycles. The van der Waals surface area contributed by atoms with Crippen LogP contribution in [0.5, 0.6) is 0 Å².